The fraction of sp³-hybridized carbons (Fsp3) is 0.316. The quantitative estimate of drug-likeness (QED) is 0.881. The van der Waals surface area contributed by atoms with Gasteiger partial charge in [-0.2, -0.15) is 0 Å². The fourth-order valence-corrected chi connectivity index (χ4v) is 2.89. The third-order valence-electron chi connectivity index (χ3n) is 4.30. The SMILES string of the molecule is C[C@@H](NC(=O)NCc1ccc2c(c1)OCO2)c1ccc2c(c1)OCCO2. The maximum Gasteiger partial charge on any atom is 0.315 e. The van der Waals surface area contributed by atoms with Crippen molar-refractivity contribution in [3.05, 3.63) is 47.5 Å². The summed E-state index contributed by atoms with van der Waals surface area (Å²) in [5, 5.41) is 5.77. The molecule has 0 spiro atoms. The predicted molar refractivity (Wildman–Crippen MR) is 93.8 cm³/mol. The van der Waals surface area contributed by atoms with Gasteiger partial charge in [-0.15, -0.1) is 0 Å². The lowest BCUT2D eigenvalue weighted by molar-refractivity contribution is 0.171. The lowest BCUT2D eigenvalue weighted by Gasteiger charge is -2.21. The lowest BCUT2D eigenvalue weighted by atomic mass is 10.1. The molecule has 7 nitrogen and oxygen atoms in total. The smallest absolute Gasteiger partial charge is 0.315 e. The zero-order chi connectivity index (χ0) is 17.9. The Bertz CT molecular complexity index is 824. The number of ether oxygens (including phenoxy) is 4. The summed E-state index contributed by atoms with van der Waals surface area (Å²) in [4.78, 5) is 12.2. The first-order valence-electron chi connectivity index (χ1n) is 8.51. The third kappa shape index (κ3) is 3.46. The Morgan fingerprint density at radius 1 is 0.962 bits per heavy atom. The van der Waals surface area contributed by atoms with Gasteiger partial charge in [-0.1, -0.05) is 12.1 Å². The molecule has 0 radical (unpaired) electrons. The fourth-order valence-electron chi connectivity index (χ4n) is 2.89. The number of amides is 2. The second-order valence-corrected chi connectivity index (χ2v) is 6.14. The average Bonchev–Trinajstić information content (AvgIpc) is 3.13. The summed E-state index contributed by atoms with van der Waals surface area (Å²) in [6.07, 6.45) is 0. The highest BCUT2D eigenvalue weighted by Gasteiger charge is 2.16. The Labute approximate surface area is 151 Å². The first-order valence-corrected chi connectivity index (χ1v) is 8.51. The van der Waals surface area contributed by atoms with Crippen LogP contribution in [-0.2, 0) is 6.54 Å². The van der Waals surface area contributed by atoms with Crippen LogP contribution in [0.15, 0.2) is 36.4 Å². The molecule has 2 N–H and O–H groups in total. The van der Waals surface area contributed by atoms with E-state index in [2.05, 4.69) is 10.6 Å². The number of nitrogens with one attached hydrogen (secondary N) is 2. The standard InChI is InChI=1S/C19H20N2O5/c1-12(14-3-5-15-18(9-14)24-7-6-23-15)21-19(22)20-10-13-2-4-16-17(8-13)26-11-25-16/h2-5,8-9,12H,6-7,10-11H2,1H3,(H2,20,21,22)/t12-/m1/s1. The largest absolute Gasteiger partial charge is 0.486 e. The van der Waals surface area contributed by atoms with Crippen molar-refractivity contribution in [1.82, 2.24) is 10.6 Å². The Morgan fingerprint density at radius 3 is 2.54 bits per heavy atom. The van der Waals surface area contributed by atoms with Crippen molar-refractivity contribution in [2.75, 3.05) is 20.0 Å². The second kappa shape index (κ2) is 7.03. The number of hydrogen-bond acceptors (Lipinski definition) is 5. The van der Waals surface area contributed by atoms with Crippen LogP contribution in [0, 0.1) is 0 Å². The molecule has 2 aliphatic rings. The van der Waals surface area contributed by atoms with E-state index in [4.69, 9.17) is 18.9 Å². The van der Waals surface area contributed by atoms with Crippen molar-refractivity contribution in [3.63, 3.8) is 0 Å². The number of hydrogen-bond donors (Lipinski definition) is 2. The Hall–Kier alpha value is -3.09. The molecule has 7 heteroatoms. The molecule has 1 atom stereocenters. The summed E-state index contributed by atoms with van der Waals surface area (Å²) >= 11 is 0. The molecule has 2 aliphatic heterocycles. The van der Waals surface area contributed by atoms with Crippen molar-refractivity contribution in [1.29, 1.82) is 0 Å². The Morgan fingerprint density at radius 2 is 1.65 bits per heavy atom. The molecule has 0 aliphatic carbocycles. The molecule has 2 amide bonds. The molecule has 0 fully saturated rings. The molecule has 136 valence electrons. The monoisotopic (exact) mass is 356 g/mol. The molecular formula is C19H20N2O5. The first kappa shape index (κ1) is 16.4. The molecule has 2 aromatic rings. The maximum absolute atomic E-state index is 12.2. The number of carbonyl (C=O) groups is 1. The summed E-state index contributed by atoms with van der Waals surface area (Å²) in [5.74, 6) is 2.88. The number of fused-ring (bicyclic) bond motifs is 2. The third-order valence-corrected chi connectivity index (χ3v) is 4.30. The van der Waals surface area contributed by atoms with Crippen LogP contribution in [0.5, 0.6) is 23.0 Å². The van der Waals surface area contributed by atoms with Gasteiger partial charge in [0.05, 0.1) is 6.04 Å². The van der Waals surface area contributed by atoms with Crippen LogP contribution in [0.25, 0.3) is 0 Å². The van der Waals surface area contributed by atoms with Crippen molar-refractivity contribution in [2.24, 2.45) is 0 Å². The van der Waals surface area contributed by atoms with Crippen LogP contribution in [-0.4, -0.2) is 26.0 Å². The number of urea groups is 1. The van der Waals surface area contributed by atoms with Crippen molar-refractivity contribution >= 4 is 6.03 Å². The first-order chi connectivity index (χ1) is 12.7. The topological polar surface area (TPSA) is 78.1 Å². The van der Waals surface area contributed by atoms with Crippen LogP contribution >= 0.6 is 0 Å². The number of carbonyl (C=O) groups excluding carboxylic acids is 1. The van der Waals surface area contributed by atoms with E-state index in [1.807, 2.05) is 43.3 Å². The van der Waals surface area contributed by atoms with Gasteiger partial charge in [0.25, 0.3) is 0 Å². The summed E-state index contributed by atoms with van der Waals surface area (Å²) in [7, 11) is 0. The van der Waals surface area contributed by atoms with Crippen LogP contribution in [0.2, 0.25) is 0 Å². The van der Waals surface area contributed by atoms with E-state index in [1.54, 1.807) is 0 Å². The summed E-state index contributed by atoms with van der Waals surface area (Å²) in [6.45, 7) is 3.65. The van der Waals surface area contributed by atoms with Gasteiger partial charge in [0, 0.05) is 6.54 Å². The van der Waals surface area contributed by atoms with Gasteiger partial charge in [0.1, 0.15) is 13.2 Å². The summed E-state index contributed by atoms with van der Waals surface area (Å²) < 4.78 is 21.7. The number of rotatable bonds is 4. The summed E-state index contributed by atoms with van der Waals surface area (Å²) in [6, 6.07) is 10.9. The lowest BCUT2D eigenvalue weighted by Crippen LogP contribution is -2.36. The molecule has 0 unspecified atom stereocenters. The molecule has 0 saturated heterocycles. The van der Waals surface area contributed by atoms with E-state index in [0.717, 1.165) is 22.6 Å². The van der Waals surface area contributed by atoms with Crippen molar-refractivity contribution in [3.8, 4) is 23.0 Å². The normalized spacial score (nSPS) is 15.3. The molecule has 0 saturated carbocycles. The predicted octanol–water partition coefficient (Wildman–Crippen LogP) is 2.75. The minimum Gasteiger partial charge on any atom is -0.486 e. The van der Waals surface area contributed by atoms with Crippen molar-refractivity contribution in [2.45, 2.75) is 19.5 Å². The van der Waals surface area contributed by atoms with Crippen LogP contribution < -0.4 is 29.6 Å². The van der Waals surface area contributed by atoms with Gasteiger partial charge >= 0.3 is 6.03 Å². The van der Waals surface area contributed by atoms with Gasteiger partial charge < -0.3 is 29.6 Å². The molecule has 4 rings (SSSR count). The van der Waals surface area contributed by atoms with Gasteiger partial charge in [-0.25, -0.2) is 4.79 Å². The van der Waals surface area contributed by atoms with E-state index >= 15 is 0 Å². The van der Waals surface area contributed by atoms with Crippen LogP contribution in [0.3, 0.4) is 0 Å². The van der Waals surface area contributed by atoms with Gasteiger partial charge in [0.15, 0.2) is 23.0 Å². The van der Waals surface area contributed by atoms with Crippen LogP contribution in [0.4, 0.5) is 4.79 Å². The molecule has 26 heavy (non-hydrogen) atoms. The van der Waals surface area contributed by atoms with Gasteiger partial charge in [-0.3, -0.25) is 0 Å². The maximum atomic E-state index is 12.2. The van der Waals surface area contributed by atoms with E-state index < -0.39 is 0 Å². The van der Waals surface area contributed by atoms with Crippen molar-refractivity contribution < 1.29 is 23.7 Å². The average molecular weight is 356 g/mol. The van der Waals surface area contributed by atoms with Crippen LogP contribution in [0.1, 0.15) is 24.1 Å². The minimum atomic E-state index is -0.245. The molecule has 0 bridgehead atoms. The highest BCUT2D eigenvalue weighted by molar-refractivity contribution is 5.74. The van der Waals surface area contributed by atoms with E-state index in [1.165, 1.54) is 0 Å². The van der Waals surface area contributed by atoms with E-state index in [9.17, 15) is 4.79 Å². The Kier molecular flexibility index (Phi) is 4.43. The zero-order valence-corrected chi connectivity index (χ0v) is 14.4. The Balaban J connectivity index is 1.33. The van der Waals surface area contributed by atoms with E-state index in [-0.39, 0.29) is 18.9 Å². The van der Waals surface area contributed by atoms with Gasteiger partial charge in [-0.05, 0) is 42.3 Å². The van der Waals surface area contributed by atoms with E-state index in [0.29, 0.717) is 31.3 Å². The minimum absolute atomic E-state index is 0.164. The highest BCUT2D eigenvalue weighted by Crippen LogP contribution is 2.33. The molecule has 0 aromatic heterocycles. The molecule has 2 aromatic carbocycles. The van der Waals surface area contributed by atoms with Gasteiger partial charge in [0.2, 0.25) is 6.79 Å². The zero-order valence-electron chi connectivity index (χ0n) is 14.4. The highest BCUT2D eigenvalue weighted by atomic mass is 16.7. The second-order valence-electron chi connectivity index (χ2n) is 6.14. The molecular weight excluding hydrogens is 336 g/mol. The summed E-state index contributed by atoms with van der Waals surface area (Å²) in [5.41, 5.74) is 1.89. The molecule has 2 heterocycles. The number of benzene rings is 2.